The number of ether oxygens (including phenoxy) is 1. The van der Waals surface area contributed by atoms with E-state index in [1.165, 1.54) is 15.4 Å². The number of amidine groups is 1. The minimum atomic E-state index is 0.101. The molecule has 2 heterocycles. The van der Waals surface area contributed by atoms with Crippen LogP contribution in [-0.2, 0) is 4.74 Å². The molecule has 0 amide bonds. The van der Waals surface area contributed by atoms with Crippen molar-refractivity contribution >= 4 is 23.3 Å². The van der Waals surface area contributed by atoms with Gasteiger partial charge in [-0.25, -0.2) is 4.99 Å². The van der Waals surface area contributed by atoms with E-state index >= 15 is 0 Å². The van der Waals surface area contributed by atoms with Crippen LogP contribution in [0.4, 0.5) is 5.69 Å². The van der Waals surface area contributed by atoms with Gasteiger partial charge in [0.2, 0.25) is 0 Å². The van der Waals surface area contributed by atoms with Crippen molar-refractivity contribution in [3.63, 3.8) is 0 Å². The first-order valence-electron chi connectivity index (χ1n) is 9.96. The van der Waals surface area contributed by atoms with Crippen molar-refractivity contribution in [3.8, 4) is 0 Å². The second-order valence-corrected chi connectivity index (χ2v) is 8.10. The number of aliphatic hydroxyl groups is 1. The Labute approximate surface area is 171 Å². The molecular formula is C22H27N3O2S. The third-order valence-corrected chi connectivity index (χ3v) is 6.25. The van der Waals surface area contributed by atoms with Gasteiger partial charge < -0.3 is 14.7 Å². The Morgan fingerprint density at radius 2 is 1.68 bits per heavy atom. The molecule has 0 atom stereocenters. The van der Waals surface area contributed by atoms with Crippen molar-refractivity contribution in [2.75, 3.05) is 52.5 Å². The Morgan fingerprint density at radius 1 is 0.929 bits per heavy atom. The molecular weight excluding hydrogens is 370 g/mol. The van der Waals surface area contributed by atoms with Crippen LogP contribution in [0, 0.1) is 0 Å². The van der Waals surface area contributed by atoms with Crippen molar-refractivity contribution in [3.05, 3.63) is 54.1 Å². The summed E-state index contributed by atoms with van der Waals surface area (Å²) in [5, 5.41) is 8.76. The lowest BCUT2D eigenvalue weighted by Gasteiger charge is -2.36. The fourth-order valence-corrected chi connectivity index (χ4v) is 4.67. The first-order chi connectivity index (χ1) is 13.8. The fourth-order valence-electron chi connectivity index (χ4n) is 3.65. The molecule has 1 N–H and O–H groups in total. The summed E-state index contributed by atoms with van der Waals surface area (Å²) >= 11 is 1.81. The molecule has 0 radical (unpaired) electrons. The molecule has 0 spiro atoms. The topological polar surface area (TPSA) is 48.3 Å². The van der Waals surface area contributed by atoms with Gasteiger partial charge in [-0.05, 0) is 24.6 Å². The van der Waals surface area contributed by atoms with Crippen molar-refractivity contribution in [1.82, 2.24) is 9.80 Å². The third kappa shape index (κ3) is 4.58. The maximum absolute atomic E-state index is 8.76. The highest BCUT2D eigenvalue weighted by atomic mass is 32.2. The van der Waals surface area contributed by atoms with E-state index in [1.54, 1.807) is 11.8 Å². The number of rotatable bonds is 6. The Hall–Kier alpha value is -1.86. The first-order valence-corrected chi connectivity index (χ1v) is 10.8. The third-order valence-electron chi connectivity index (χ3n) is 5.11. The molecule has 0 aromatic heterocycles. The maximum Gasteiger partial charge on any atom is 0.137 e. The summed E-state index contributed by atoms with van der Waals surface area (Å²) in [4.78, 5) is 12.5. The molecule has 148 valence electrons. The number of hydrogen-bond acceptors (Lipinski definition) is 6. The number of fused-ring (bicyclic) bond motifs is 2. The summed E-state index contributed by atoms with van der Waals surface area (Å²) in [6.07, 6.45) is 1.01. The summed E-state index contributed by atoms with van der Waals surface area (Å²) in [6.45, 7) is 6.34. The van der Waals surface area contributed by atoms with E-state index in [0.29, 0.717) is 6.61 Å². The molecule has 6 heteroatoms. The van der Waals surface area contributed by atoms with Crippen LogP contribution in [0.15, 0.2) is 63.3 Å². The molecule has 28 heavy (non-hydrogen) atoms. The molecule has 0 aliphatic carbocycles. The summed E-state index contributed by atoms with van der Waals surface area (Å²) in [5.41, 5.74) is 2.29. The molecule has 2 aliphatic heterocycles. The van der Waals surface area contributed by atoms with E-state index in [2.05, 4.69) is 58.3 Å². The van der Waals surface area contributed by atoms with Gasteiger partial charge in [-0.15, -0.1) is 0 Å². The quantitative estimate of drug-likeness (QED) is 0.759. The minimum Gasteiger partial charge on any atom is -0.394 e. The van der Waals surface area contributed by atoms with Crippen LogP contribution in [0.5, 0.6) is 0 Å². The smallest absolute Gasteiger partial charge is 0.137 e. The molecule has 0 unspecified atom stereocenters. The molecule has 0 bridgehead atoms. The predicted molar refractivity (Wildman–Crippen MR) is 114 cm³/mol. The standard InChI is InChI=1S/C22H27N3O2S/c26-15-17-27-16-5-10-24-11-13-25(14-12-24)22-18-6-1-3-8-20(18)28-21-9-4-2-7-19(21)23-22/h1-4,6-9,26H,5,10-17H2. The van der Waals surface area contributed by atoms with Crippen molar-refractivity contribution in [2.45, 2.75) is 16.2 Å². The van der Waals surface area contributed by atoms with E-state index < -0.39 is 0 Å². The van der Waals surface area contributed by atoms with E-state index in [-0.39, 0.29) is 6.61 Å². The monoisotopic (exact) mass is 397 g/mol. The molecule has 4 rings (SSSR count). The predicted octanol–water partition coefficient (Wildman–Crippen LogP) is 3.25. The second kappa shape index (κ2) is 9.56. The Balaban J connectivity index is 1.45. The average molecular weight is 398 g/mol. The first kappa shape index (κ1) is 19.5. The molecule has 2 aromatic carbocycles. The Bertz CT molecular complexity index is 819. The van der Waals surface area contributed by atoms with E-state index in [9.17, 15) is 0 Å². The number of nitrogens with zero attached hydrogens (tertiary/aromatic N) is 3. The number of para-hydroxylation sites is 1. The zero-order valence-corrected chi connectivity index (χ0v) is 16.9. The molecule has 1 fully saturated rings. The average Bonchev–Trinajstić information content (AvgIpc) is 2.91. The van der Waals surface area contributed by atoms with Crippen molar-refractivity contribution < 1.29 is 9.84 Å². The lowest BCUT2D eigenvalue weighted by atomic mass is 10.1. The highest BCUT2D eigenvalue weighted by Crippen LogP contribution is 2.40. The SMILES string of the molecule is OCCOCCCN1CCN(C2=Nc3ccccc3Sc3ccccc32)CC1. The fraction of sp³-hybridized carbons (Fsp3) is 0.409. The van der Waals surface area contributed by atoms with Crippen LogP contribution in [-0.4, -0.2) is 73.3 Å². The number of hydrogen-bond donors (Lipinski definition) is 1. The van der Waals surface area contributed by atoms with Crippen LogP contribution < -0.4 is 0 Å². The lowest BCUT2D eigenvalue weighted by Crippen LogP contribution is -2.49. The van der Waals surface area contributed by atoms with Crippen molar-refractivity contribution in [2.24, 2.45) is 4.99 Å². The van der Waals surface area contributed by atoms with Gasteiger partial charge in [0.15, 0.2) is 0 Å². The van der Waals surface area contributed by atoms with E-state index in [0.717, 1.165) is 57.3 Å². The van der Waals surface area contributed by atoms with Gasteiger partial charge >= 0.3 is 0 Å². The summed E-state index contributed by atoms with van der Waals surface area (Å²) < 4.78 is 5.37. The number of piperazine rings is 1. The second-order valence-electron chi connectivity index (χ2n) is 7.02. The van der Waals surface area contributed by atoms with Gasteiger partial charge in [-0.3, -0.25) is 4.90 Å². The lowest BCUT2D eigenvalue weighted by molar-refractivity contribution is 0.0810. The summed E-state index contributed by atoms with van der Waals surface area (Å²) in [5.74, 6) is 1.10. The van der Waals surface area contributed by atoms with Crippen LogP contribution in [0.2, 0.25) is 0 Å². The minimum absolute atomic E-state index is 0.101. The van der Waals surface area contributed by atoms with Gasteiger partial charge in [0.05, 0.1) is 18.9 Å². The molecule has 0 saturated carbocycles. The van der Waals surface area contributed by atoms with E-state index in [4.69, 9.17) is 14.8 Å². The van der Waals surface area contributed by atoms with Gasteiger partial charge in [0.1, 0.15) is 5.84 Å². The zero-order chi connectivity index (χ0) is 19.2. The molecule has 5 nitrogen and oxygen atoms in total. The van der Waals surface area contributed by atoms with Gasteiger partial charge in [-0.2, -0.15) is 0 Å². The number of aliphatic hydroxyl groups excluding tert-OH is 1. The van der Waals surface area contributed by atoms with Crippen LogP contribution >= 0.6 is 11.8 Å². The molecule has 1 saturated heterocycles. The number of aliphatic imine (C=N–C) groups is 1. The van der Waals surface area contributed by atoms with Gasteiger partial charge in [0.25, 0.3) is 0 Å². The summed E-state index contributed by atoms with van der Waals surface area (Å²) in [7, 11) is 0. The summed E-state index contributed by atoms with van der Waals surface area (Å²) in [6, 6.07) is 17.0. The zero-order valence-electron chi connectivity index (χ0n) is 16.1. The highest BCUT2D eigenvalue weighted by molar-refractivity contribution is 7.99. The normalized spacial score (nSPS) is 16.9. The highest BCUT2D eigenvalue weighted by Gasteiger charge is 2.24. The number of benzene rings is 2. The van der Waals surface area contributed by atoms with Gasteiger partial charge in [-0.1, -0.05) is 42.1 Å². The van der Waals surface area contributed by atoms with Crippen molar-refractivity contribution in [1.29, 1.82) is 0 Å². The largest absolute Gasteiger partial charge is 0.394 e. The Morgan fingerprint density at radius 3 is 2.50 bits per heavy atom. The van der Waals surface area contributed by atoms with Crippen LogP contribution in [0.1, 0.15) is 12.0 Å². The molecule has 2 aromatic rings. The van der Waals surface area contributed by atoms with Crippen LogP contribution in [0.3, 0.4) is 0 Å². The van der Waals surface area contributed by atoms with Gasteiger partial charge in [0, 0.05) is 54.7 Å². The van der Waals surface area contributed by atoms with Crippen LogP contribution in [0.25, 0.3) is 0 Å². The Kier molecular flexibility index (Phi) is 6.65. The molecule has 2 aliphatic rings. The van der Waals surface area contributed by atoms with E-state index in [1.807, 2.05) is 0 Å². The maximum atomic E-state index is 8.76.